The molecule has 0 aliphatic carbocycles. The van der Waals surface area contributed by atoms with Crippen LogP contribution in [0.3, 0.4) is 0 Å². The van der Waals surface area contributed by atoms with Crippen LogP contribution < -0.4 is 5.32 Å². The molecule has 18 heavy (non-hydrogen) atoms. The van der Waals surface area contributed by atoms with E-state index in [-0.39, 0.29) is 23.5 Å². The molecule has 5 nitrogen and oxygen atoms in total. The molecule has 0 spiro atoms. The zero-order valence-electron chi connectivity index (χ0n) is 10.1. The molecule has 6 heteroatoms. The van der Waals surface area contributed by atoms with Gasteiger partial charge < -0.3 is 5.32 Å². The quantitative estimate of drug-likeness (QED) is 0.896. The van der Waals surface area contributed by atoms with Crippen LogP contribution in [0.1, 0.15) is 24.3 Å². The van der Waals surface area contributed by atoms with E-state index in [0.29, 0.717) is 5.69 Å². The Bertz CT molecular complexity index is 565. The van der Waals surface area contributed by atoms with E-state index in [1.165, 1.54) is 23.0 Å². The predicted octanol–water partition coefficient (Wildman–Crippen LogP) is 1.54. The highest BCUT2D eigenvalue weighted by Crippen LogP contribution is 2.08. The van der Waals surface area contributed by atoms with Crippen LogP contribution in [-0.2, 0) is 0 Å². The SMILES string of the molecule is CC(C)NC(=O)c1cn(-c2cccc(F)c2)nn1. The summed E-state index contributed by atoms with van der Waals surface area (Å²) < 4.78 is 14.4. The fourth-order valence-electron chi connectivity index (χ4n) is 1.45. The molecule has 0 radical (unpaired) electrons. The largest absolute Gasteiger partial charge is 0.348 e. The standard InChI is InChI=1S/C12H13FN4O/c1-8(2)14-12(18)11-7-17(16-15-11)10-5-3-4-9(13)6-10/h3-8H,1-2H3,(H,14,18). The van der Waals surface area contributed by atoms with Crippen LogP contribution in [0.5, 0.6) is 0 Å². The lowest BCUT2D eigenvalue weighted by atomic mass is 10.3. The van der Waals surface area contributed by atoms with Gasteiger partial charge >= 0.3 is 0 Å². The zero-order valence-corrected chi connectivity index (χ0v) is 10.1. The van der Waals surface area contributed by atoms with Crippen molar-refractivity contribution in [3.8, 4) is 5.69 Å². The first-order valence-electron chi connectivity index (χ1n) is 5.55. The van der Waals surface area contributed by atoms with Crippen molar-refractivity contribution in [1.82, 2.24) is 20.3 Å². The second kappa shape index (κ2) is 4.95. The first-order chi connectivity index (χ1) is 8.56. The maximum absolute atomic E-state index is 13.0. The molecule has 0 atom stereocenters. The van der Waals surface area contributed by atoms with Crippen molar-refractivity contribution < 1.29 is 9.18 Å². The zero-order chi connectivity index (χ0) is 13.1. The topological polar surface area (TPSA) is 59.8 Å². The second-order valence-electron chi connectivity index (χ2n) is 4.16. The van der Waals surface area contributed by atoms with Gasteiger partial charge in [0.05, 0.1) is 11.9 Å². The van der Waals surface area contributed by atoms with Crippen molar-refractivity contribution in [2.24, 2.45) is 0 Å². The summed E-state index contributed by atoms with van der Waals surface area (Å²) in [7, 11) is 0. The molecule has 1 aromatic carbocycles. The number of rotatable bonds is 3. The fourth-order valence-corrected chi connectivity index (χ4v) is 1.45. The van der Waals surface area contributed by atoms with Gasteiger partial charge in [0.15, 0.2) is 5.69 Å². The van der Waals surface area contributed by atoms with Gasteiger partial charge in [-0.2, -0.15) is 0 Å². The van der Waals surface area contributed by atoms with Gasteiger partial charge in [-0.1, -0.05) is 11.3 Å². The van der Waals surface area contributed by atoms with Gasteiger partial charge in [0.2, 0.25) is 0 Å². The van der Waals surface area contributed by atoms with E-state index >= 15 is 0 Å². The summed E-state index contributed by atoms with van der Waals surface area (Å²) in [5, 5.41) is 10.3. The highest BCUT2D eigenvalue weighted by atomic mass is 19.1. The van der Waals surface area contributed by atoms with Gasteiger partial charge in [-0.05, 0) is 32.0 Å². The Balaban J connectivity index is 2.23. The second-order valence-corrected chi connectivity index (χ2v) is 4.16. The summed E-state index contributed by atoms with van der Waals surface area (Å²) in [5.74, 6) is -0.663. The summed E-state index contributed by atoms with van der Waals surface area (Å²) in [6.07, 6.45) is 1.46. The maximum Gasteiger partial charge on any atom is 0.273 e. The Morgan fingerprint density at radius 1 is 1.44 bits per heavy atom. The molecule has 0 saturated carbocycles. The van der Waals surface area contributed by atoms with Crippen molar-refractivity contribution in [2.45, 2.75) is 19.9 Å². The average Bonchev–Trinajstić information content (AvgIpc) is 2.77. The van der Waals surface area contributed by atoms with E-state index in [1.807, 2.05) is 13.8 Å². The van der Waals surface area contributed by atoms with Crippen molar-refractivity contribution in [3.05, 3.63) is 42.0 Å². The molecule has 2 aromatic rings. The van der Waals surface area contributed by atoms with E-state index in [1.54, 1.807) is 12.1 Å². The van der Waals surface area contributed by atoms with E-state index < -0.39 is 0 Å². The number of nitrogens with zero attached hydrogens (tertiary/aromatic N) is 3. The molecule has 1 aromatic heterocycles. The van der Waals surface area contributed by atoms with E-state index in [0.717, 1.165) is 0 Å². The van der Waals surface area contributed by atoms with Gasteiger partial charge in [-0.25, -0.2) is 9.07 Å². The fraction of sp³-hybridized carbons (Fsp3) is 0.250. The highest BCUT2D eigenvalue weighted by molar-refractivity contribution is 5.92. The van der Waals surface area contributed by atoms with Crippen LogP contribution in [0.25, 0.3) is 5.69 Å². The highest BCUT2D eigenvalue weighted by Gasteiger charge is 2.12. The van der Waals surface area contributed by atoms with Crippen LogP contribution in [0.4, 0.5) is 4.39 Å². The Labute approximate surface area is 104 Å². The van der Waals surface area contributed by atoms with Crippen molar-refractivity contribution >= 4 is 5.91 Å². The maximum atomic E-state index is 13.0. The van der Waals surface area contributed by atoms with Crippen molar-refractivity contribution in [1.29, 1.82) is 0 Å². The van der Waals surface area contributed by atoms with Crippen molar-refractivity contribution in [3.63, 3.8) is 0 Å². The summed E-state index contributed by atoms with van der Waals surface area (Å²) >= 11 is 0. The number of hydrogen-bond acceptors (Lipinski definition) is 3. The summed E-state index contributed by atoms with van der Waals surface area (Å²) in [5.41, 5.74) is 0.721. The Kier molecular flexibility index (Phi) is 3.36. The number of aromatic nitrogens is 3. The first-order valence-corrected chi connectivity index (χ1v) is 5.55. The molecule has 1 amide bonds. The smallest absolute Gasteiger partial charge is 0.273 e. The summed E-state index contributed by atoms with van der Waals surface area (Å²) in [4.78, 5) is 11.7. The number of carbonyl (C=O) groups is 1. The van der Waals surface area contributed by atoms with E-state index in [9.17, 15) is 9.18 Å². The third-order valence-electron chi connectivity index (χ3n) is 2.22. The lowest BCUT2D eigenvalue weighted by Gasteiger charge is -2.04. The number of amides is 1. The molecule has 1 heterocycles. The first kappa shape index (κ1) is 12.2. The monoisotopic (exact) mass is 248 g/mol. The van der Waals surface area contributed by atoms with Gasteiger partial charge in [0.1, 0.15) is 5.82 Å². The Hall–Kier alpha value is -2.24. The van der Waals surface area contributed by atoms with Crippen LogP contribution in [-0.4, -0.2) is 26.9 Å². The molecule has 0 aliphatic heterocycles. The molecule has 0 aliphatic rings. The average molecular weight is 248 g/mol. The number of halogens is 1. The molecule has 0 bridgehead atoms. The molecule has 1 N–H and O–H groups in total. The van der Waals surface area contributed by atoms with E-state index in [2.05, 4.69) is 15.6 Å². The van der Waals surface area contributed by atoms with Crippen LogP contribution in [0.2, 0.25) is 0 Å². The lowest BCUT2D eigenvalue weighted by molar-refractivity contribution is 0.0938. The number of hydrogen-bond donors (Lipinski definition) is 1. The van der Waals surface area contributed by atoms with Crippen LogP contribution in [0, 0.1) is 5.82 Å². The number of carbonyl (C=O) groups excluding carboxylic acids is 1. The third-order valence-corrected chi connectivity index (χ3v) is 2.22. The number of nitrogens with one attached hydrogen (secondary N) is 1. The van der Waals surface area contributed by atoms with Gasteiger partial charge in [-0.3, -0.25) is 4.79 Å². The molecule has 0 saturated heterocycles. The Morgan fingerprint density at radius 3 is 2.89 bits per heavy atom. The normalized spacial score (nSPS) is 10.7. The molecule has 0 unspecified atom stereocenters. The number of benzene rings is 1. The minimum absolute atomic E-state index is 0.0248. The van der Waals surface area contributed by atoms with Gasteiger partial charge in [0, 0.05) is 6.04 Å². The molecular formula is C12H13FN4O. The minimum atomic E-state index is -0.365. The summed E-state index contributed by atoms with van der Waals surface area (Å²) in [6, 6.07) is 5.94. The van der Waals surface area contributed by atoms with Gasteiger partial charge in [-0.15, -0.1) is 5.10 Å². The summed E-state index contributed by atoms with van der Waals surface area (Å²) in [6.45, 7) is 3.71. The van der Waals surface area contributed by atoms with Crippen molar-refractivity contribution in [2.75, 3.05) is 0 Å². The van der Waals surface area contributed by atoms with Crippen LogP contribution in [0.15, 0.2) is 30.5 Å². The van der Waals surface area contributed by atoms with Gasteiger partial charge in [0.25, 0.3) is 5.91 Å². The molecular weight excluding hydrogens is 235 g/mol. The molecule has 2 rings (SSSR count). The molecule has 0 fully saturated rings. The van der Waals surface area contributed by atoms with Crippen LogP contribution >= 0.6 is 0 Å². The molecule has 94 valence electrons. The predicted molar refractivity (Wildman–Crippen MR) is 63.9 cm³/mol. The third kappa shape index (κ3) is 2.71. The lowest BCUT2D eigenvalue weighted by Crippen LogP contribution is -2.30. The Morgan fingerprint density at radius 2 is 2.22 bits per heavy atom. The minimum Gasteiger partial charge on any atom is -0.348 e. The van der Waals surface area contributed by atoms with E-state index in [4.69, 9.17) is 0 Å².